The fraction of sp³-hybridized carbons (Fsp3) is 0.250. The summed E-state index contributed by atoms with van der Waals surface area (Å²) in [4.78, 5) is 12.6. The molecule has 0 fully saturated rings. The molecule has 2 aromatic carbocycles. The molecule has 1 aromatic heterocycles. The number of rotatable bonds is 4. The summed E-state index contributed by atoms with van der Waals surface area (Å²) in [6, 6.07) is 12.7. The van der Waals surface area contributed by atoms with E-state index >= 15 is 0 Å². The molecular weight excluding hydrogens is 334 g/mol. The van der Waals surface area contributed by atoms with Gasteiger partial charge in [-0.25, -0.2) is 0 Å². The molecule has 1 aliphatic heterocycles. The van der Waals surface area contributed by atoms with Crippen LogP contribution in [-0.4, -0.2) is 26.2 Å². The number of benzene rings is 2. The summed E-state index contributed by atoms with van der Waals surface area (Å²) in [5.41, 5.74) is 1.49. The van der Waals surface area contributed by atoms with Crippen molar-refractivity contribution in [3.05, 3.63) is 53.8 Å². The van der Waals surface area contributed by atoms with Gasteiger partial charge < -0.3 is 23.9 Å². The fourth-order valence-corrected chi connectivity index (χ4v) is 2.99. The first-order chi connectivity index (χ1) is 12.7. The number of furan rings is 1. The minimum Gasteiger partial charge on any atom is -0.493 e. The first kappa shape index (κ1) is 16.3. The molecule has 6 heteroatoms. The Balaban J connectivity index is 1.54. The molecule has 26 heavy (non-hydrogen) atoms. The number of carbonyl (C=O) groups excluding carboxylic acids is 1. The van der Waals surface area contributed by atoms with E-state index in [2.05, 4.69) is 5.32 Å². The van der Waals surface area contributed by atoms with Crippen LogP contribution in [0, 0.1) is 0 Å². The molecule has 0 saturated heterocycles. The van der Waals surface area contributed by atoms with E-state index < -0.39 is 0 Å². The highest BCUT2D eigenvalue weighted by molar-refractivity contribution is 5.97. The third-order valence-corrected chi connectivity index (χ3v) is 4.37. The molecule has 0 saturated carbocycles. The summed E-state index contributed by atoms with van der Waals surface area (Å²) in [6.45, 7) is 2.98. The maximum atomic E-state index is 12.6. The zero-order valence-electron chi connectivity index (χ0n) is 14.6. The zero-order valence-corrected chi connectivity index (χ0v) is 14.6. The summed E-state index contributed by atoms with van der Waals surface area (Å²) in [6.07, 6.45) is 0. The zero-order chi connectivity index (χ0) is 18.1. The monoisotopic (exact) mass is 353 g/mol. The molecule has 1 amide bonds. The van der Waals surface area contributed by atoms with Crippen LogP contribution in [0.1, 0.15) is 29.1 Å². The van der Waals surface area contributed by atoms with Crippen LogP contribution in [0.5, 0.6) is 17.2 Å². The normalized spacial score (nSPS) is 14.1. The summed E-state index contributed by atoms with van der Waals surface area (Å²) >= 11 is 0. The highest BCUT2D eigenvalue weighted by atomic mass is 16.6. The van der Waals surface area contributed by atoms with Gasteiger partial charge in [-0.1, -0.05) is 18.2 Å². The molecule has 1 atom stereocenters. The van der Waals surface area contributed by atoms with Crippen molar-refractivity contribution in [2.24, 2.45) is 0 Å². The Kier molecular flexibility index (Phi) is 4.16. The molecule has 134 valence electrons. The van der Waals surface area contributed by atoms with E-state index in [9.17, 15) is 4.79 Å². The largest absolute Gasteiger partial charge is 0.493 e. The van der Waals surface area contributed by atoms with Crippen LogP contribution in [-0.2, 0) is 0 Å². The van der Waals surface area contributed by atoms with Crippen LogP contribution in [0.25, 0.3) is 11.0 Å². The average molecular weight is 353 g/mol. The molecule has 0 spiro atoms. The van der Waals surface area contributed by atoms with E-state index in [0.29, 0.717) is 30.3 Å². The number of fused-ring (bicyclic) bond motifs is 2. The lowest BCUT2D eigenvalue weighted by molar-refractivity contribution is 0.0913. The van der Waals surface area contributed by atoms with Crippen molar-refractivity contribution in [2.45, 2.75) is 13.0 Å². The molecule has 6 nitrogen and oxygen atoms in total. The molecule has 3 aromatic rings. The van der Waals surface area contributed by atoms with Gasteiger partial charge in [0.1, 0.15) is 13.2 Å². The second-order valence-electron chi connectivity index (χ2n) is 6.09. The highest BCUT2D eigenvalue weighted by Gasteiger charge is 2.19. The molecule has 4 rings (SSSR count). The van der Waals surface area contributed by atoms with Crippen LogP contribution in [0.2, 0.25) is 0 Å². The van der Waals surface area contributed by atoms with E-state index in [1.54, 1.807) is 19.2 Å². The predicted octanol–water partition coefficient (Wildman–Crippen LogP) is 3.70. The number of carbonyl (C=O) groups is 1. The Hall–Kier alpha value is -3.15. The average Bonchev–Trinajstić information content (AvgIpc) is 3.12. The summed E-state index contributed by atoms with van der Waals surface area (Å²) in [7, 11) is 1.57. The van der Waals surface area contributed by atoms with Crippen molar-refractivity contribution in [3.63, 3.8) is 0 Å². The predicted molar refractivity (Wildman–Crippen MR) is 96.1 cm³/mol. The fourth-order valence-electron chi connectivity index (χ4n) is 2.99. The van der Waals surface area contributed by atoms with E-state index in [1.165, 1.54) is 0 Å². The van der Waals surface area contributed by atoms with E-state index in [0.717, 1.165) is 16.7 Å². The number of para-hydroxylation sites is 1. The standard InChI is InChI=1S/C20H19NO5/c1-12(13-6-7-15-17(10-13)25-9-8-24-15)21-20(22)18-11-14-4-3-5-16(23-2)19(14)26-18/h3-7,10-12H,8-9H2,1-2H3,(H,21,22). The molecule has 1 aliphatic rings. The second kappa shape index (κ2) is 6.63. The Morgan fingerprint density at radius 1 is 1.12 bits per heavy atom. The Morgan fingerprint density at radius 2 is 1.92 bits per heavy atom. The van der Waals surface area contributed by atoms with Crippen molar-refractivity contribution in [1.29, 1.82) is 0 Å². The van der Waals surface area contributed by atoms with Crippen LogP contribution in [0.4, 0.5) is 0 Å². The third-order valence-electron chi connectivity index (χ3n) is 4.37. The van der Waals surface area contributed by atoms with Gasteiger partial charge in [0.05, 0.1) is 13.2 Å². The quantitative estimate of drug-likeness (QED) is 0.774. The number of nitrogens with one attached hydrogen (secondary N) is 1. The van der Waals surface area contributed by atoms with Gasteiger partial charge in [-0.2, -0.15) is 0 Å². The van der Waals surface area contributed by atoms with Gasteiger partial charge in [0.15, 0.2) is 28.6 Å². The minimum atomic E-state index is -0.286. The van der Waals surface area contributed by atoms with Gasteiger partial charge in [0.2, 0.25) is 0 Å². The van der Waals surface area contributed by atoms with Crippen LogP contribution in [0.3, 0.4) is 0 Å². The number of hydrogen-bond acceptors (Lipinski definition) is 5. The van der Waals surface area contributed by atoms with Gasteiger partial charge >= 0.3 is 0 Å². The number of hydrogen-bond donors (Lipinski definition) is 1. The second-order valence-corrected chi connectivity index (χ2v) is 6.09. The van der Waals surface area contributed by atoms with Crippen LogP contribution >= 0.6 is 0 Å². The summed E-state index contributed by atoms with van der Waals surface area (Å²) < 4.78 is 22.1. The maximum absolute atomic E-state index is 12.6. The topological polar surface area (TPSA) is 69.9 Å². The Bertz CT molecular complexity index is 962. The maximum Gasteiger partial charge on any atom is 0.287 e. The van der Waals surface area contributed by atoms with Gasteiger partial charge in [-0.3, -0.25) is 4.79 Å². The number of ether oxygens (including phenoxy) is 3. The van der Waals surface area contributed by atoms with E-state index in [1.807, 2.05) is 37.3 Å². The first-order valence-electron chi connectivity index (χ1n) is 8.42. The van der Waals surface area contributed by atoms with Gasteiger partial charge in [-0.15, -0.1) is 0 Å². The van der Waals surface area contributed by atoms with Crippen molar-refractivity contribution < 1.29 is 23.4 Å². The van der Waals surface area contributed by atoms with Gasteiger partial charge in [-0.05, 0) is 36.8 Å². The van der Waals surface area contributed by atoms with Crippen molar-refractivity contribution in [2.75, 3.05) is 20.3 Å². The van der Waals surface area contributed by atoms with E-state index in [-0.39, 0.29) is 17.7 Å². The van der Waals surface area contributed by atoms with Gasteiger partial charge in [0.25, 0.3) is 5.91 Å². The smallest absolute Gasteiger partial charge is 0.287 e. The molecule has 2 heterocycles. The molecule has 0 bridgehead atoms. The van der Waals surface area contributed by atoms with E-state index in [4.69, 9.17) is 18.6 Å². The Morgan fingerprint density at radius 3 is 2.73 bits per heavy atom. The lowest BCUT2D eigenvalue weighted by Gasteiger charge is -2.20. The summed E-state index contributed by atoms with van der Waals surface area (Å²) in [5, 5.41) is 3.77. The number of methoxy groups -OCH3 is 1. The molecule has 0 aliphatic carbocycles. The lowest BCUT2D eigenvalue weighted by atomic mass is 10.1. The minimum absolute atomic E-state index is 0.214. The van der Waals surface area contributed by atoms with Crippen molar-refractivity contribution in [1.82, 2.24) is 5.32 Å². The first-order valence-corrected chi connectivity index (χ1v) is 8.42. The number of amides is 1. The molecular formula is C20H19NO5. The van der Waals surface area contributed by atoms with Crippen molar-refractivity contribution in [3.8, 4) is 17.2 Å². The third kappa shape index (κ3) is 2.94. The SMILES string of the molecule is COc1cccc2cc(C(=O)NC(C)c3ccc4c(c3)OCCO4)oc12. The molecule has 1 unspecified atom stereocenters. The summed E-state index contributed by atoms with van der Waals surface area (Å²) in [5.74, 6) is 1.98. The molecule has 1 N–H and O–H groups in total. The van der Waals surface area contributed by atoms with Crippen LogP contribution < -0.4 is 19.5 Å². The van der Waals surface area contributed by atoms with Crippen molar-refractivity contribution >= 4 is 16.9 Å². The lowest BCUT2D eigenvalue weighted by Crippen LogP contribution is -2.26. The van der Waals surface area contributed by atoms with Crippen LogP contribution in [0.15, 0.2) is 46.9 Å². The Labute approximate surface area is 150 Å². The molecule has 0 radical (unpaired) electrons. The highest BCUT2D eigenvalue weighted by Crippen LogP contribution is 2.33. The van der Waals surface area contributed by atoms with Gasteiger partial charge in [0, 0.05) is 5.39 Å².